The predicted molar refractivity (Wildman–Crippen MR) is 148 cm³/mol. The summed E-state index contributed by atoms with van der Waals surface area (Å²) in [5.74, 6) is -0.162. The molecule has 0 aliphatic carbocycles. The Hall–Kier alpha value is -4.60. The van der Waals surface area contributed by atoms with E-state index in [1.165, 1.54) is 3.51 Å². The van der Waals surface area contributed by atoms with Crippen LogP contribution >= 0.6 is 20.7 Å². The van der Waals surface area contributed by atoms with E-state index in [-0.39, 0.29) is 0 Å². The summed E-state index contributed by atoms with van der Waals surface area (Å²) in [4.78, 5) is 24.9. The van der Waals surface area contributed by atoms with E-state index in [0.717, 1.165) is 9.13 Å². The Morgan fingerprint density at radius 3 is 1.38 bits per heavy atom. The lowest BCUT2D eigenvalue weighted by molar-refractivity contribution is 0.0725. The second-order valence-corrected chi connectivity index (χ2v) is 11.2. The lowest BCUT2D eigenvalue weighted by Gasteiger charge is -2.07. The zero-order valence-corrected chi connectivity index (χ0v) is 21.8. The minimum absolute atomic E-state index is 0.380. The van der Waals surface area contributed by atoms with Crippen molar-refractivity contribution in [2.45, 2.75) is 6.92 Å². The van der Waals surface area contributed by atoms with Gasteiger partial charge in [0.1, 0.15) is 11.5 Å². The number of rotatable bonds is 6. The molecule has 0 spiro atoms. The van der Waals surface area contributed by atoms with Gasteiger partial charge < -0.3 is 9.47 Å². The lowest BCUT2D eigenvalue weighted by atomic mass is 10.1. The average molecular weight is 598 g/mol. The highest BCUT2D eigenvalue weighted by Gasteiger charge is 2.11. The Balaban J connectivity index is 1.38. The molecular formula is C30H19IN2O4. The van der Waals surface area contributed by atoms with E-state index >= 15 is 0 Å². The van der Waals surface area contributed by atoms with E-state index in [4.69, 9.17) is 20.0 Å². The molecule has 7 heteroatoms. The van der Waals surface area contributed by atoms with Crippen LogP contribution in [0, 0.1) is 26.2 Å². The van der Waals surface area contributed by atoms with Crippen LogP contribution in [0.1, 0.15) is 44.3 Å². The molecule has 0 amide bonds. The summed E-state index contributed by atoms with van der Waals surface area (Å²) in [5.41, 5.74) is 2.91. The summed E-state index contributed by atoms with van der Waals surface area (Å²) in [6.07, 6.45) is 0. The van der Waals surface area contributed by atoms with E-state index < -0.39 is 32.7 Å². The molecule has 0 fully saturated rings. The molecule has 0 unspecified atom stereocenters. The number of hydrogen-bond donors (Lipinski definition) is 0. The molecule has 0 aromatic heterocycles. The summed E-state index contributed by atoms with van der Waals surface area (Å²) in [7, 11) is 0. The topological polar surface area (TPSA) is 100 Å². The first-order valence-corrected chi connectivity index (χ1v) is 13.2. The monoisotopic (exact) mass is 598 g/mol. The standard InChI is InChI=1S/C30H19IN2O4/c1-20(23-6-8-24(9-7-23)29(34)36-27-14-2-21(18-32)3-15-27)31-26-12-10-25(11-13-26)30(35)37-28-16-4-22(19-33)5-17-28/h2-17H,1H3. The first-order valence-electron chi connectivity index (χ1n) is 11.1. The van der Waals surface area contributed by atoms with Crippen LogP contribution in [0.5, 0.6) is 11.5 Å². The van der Waals surface area contributed by atoms with E-state index in [2.05, 4.69) is 6.92 Å². The number of carbonyl (C=O) groups excluding carboxylic acids is 2. The first kappa shape index (κ1) is 25.5. The van der Waals surface area contributed by atoms with Gasteiger partial charge in [0.05, 0.1) is 34.4 Å². The Bertz CT molecular complexity index is 1540. The zero-order valence-electron chi connectivity index (χ0n) is 19.6. The first-order chi connectivity index (χ1) is 17.9. The largest absolute Gasteiger partial charge is 0.423 e. The normalized spacial score (nSPS) is 10.8. The van der Waals surface area contributed by atoms with Gasteiger partial charge in [0, 0.05) is 3.57 Å². The number of ether oxygens (including phenoxy) is 2. The molecule has 4 rings (SSSR count). The zero-order chi connectivity index (χ0) is 26.2. The molecule has 180 valence electrons. The van der Waals surface area contributed by atoms with Gasteiger partial charge in [-0.25, -0.2) is 9.59 Å². The van der Waals surface area contributed by atoms with Crippen molar-refractivity contribution in [1.82, 2.24) is 0 Å². The molecule has 4 aromatic rings. The van der Waals surface area contributed by atoms with Crippen LogP contribution in [-0.4, -0.2) is 15.4 Å². The minimum atomic E-state index is -0.482. The molecule has 0 atom stereocenters. The molecule has 0 saturated heterocycles. The number of halogens is 1. The number of nitriles is 2. The molecule has 0 heterocycles. The van der Waals surface area contributed by atoms with Crippen LogP contribution in [0.15, 0.2) is 97.1 Å². The van der Waals surface area contributed by atoms with E-state index in [0.29, 0.717) is 33.8 Å². The maximum absolute atomic E-state index is 12.4. The highest BCUT2D eigenvalue weighted by molar-refractivity contribution is 14.2. The van der Waals surface area contributed by atoms with E-state index in [9.17, 15) is 9.59 Å². The molecule has 0 aliphatic heterocycles. The smallest absolute Gasteiger partial charge is 0.343 e. The number of benzene rings is 4. The van der Waals surface area contributed by atoms with Gasteiger partial charge in [-0.05, 0) is 101 Å². The third-order valence-corrected chi connectivity index (χ3v) is 8.01. The maximum Gasteiger partial charge on any atom is 0.343 e. The highest BCUT2D eigenvalue weighted by atomic mass is 127. The molecular weight excluding hydrogens is 579 g/mol. The molecule has 6 nitrogen and oxygen atoms in total. The van der Waals surface area contributed by atoms with Crippen molar-refractivity contribution in [1.29, 1.82) is 10.5 Å². The van der Waals surface area contributed by atoms with Gasteiger partial charge in [-0.3, -0.25) is 0 Å². The molecule has 0 aliphatic rings. The maximum atomic E-state index is 12.4. The van der Waals surface area contributed by atoms with Crippen LogP contribution in [0.25, 0.3) is 0 Å². The van der Waals surface area contributed by atoms with Gasteiger partial charge in [-0.1, -0.05) is 32.9 Å². The van der Waals surface area contributed by atoms with Gasteiger partial charge >= 0.3 is 11.9 Å². The fourth-order valence-electron chi connectivity index (χ4n) is 3.23. The van der Waals surface area contributed by atoms with Gasteiger partial charge in [-0.15, -0.1) is 0 Å². The molecule has 0 radical (unpaired) electrons. The van der Waals surface area contributed by atoms with Crippen molar-refractivity contribution in [2.24, 2.45) is 0 Å². The number of esters is 2. The Morgan fingerprint density at radius 1 is 0.595 bits per heavy atom. The Morgan fingerprint density at radius 2 is 0.973 bits per heavy atom. The molecule has 37 heavy (non-hydrogen) atoms. The number of hydrogen-bond acceptors (Lipinski definition) is 6. The van der Waals surface area contributed by atoms with Crippen molar-refractivity contribution in [2.75, 3.05) is 0 Å². The van der Waals surface area contributed by atoms with Gasteiger partial charge in [-0.2, -0.15) is 10.5 Å². The third kappa shape index (κ3) is 6.75. The molecule has 0 bridgehead atoms. The van der Waals surface area contributed by atoms with Gasteiger partial charge in [0.2, 0.25) is 0 Å². The Labute approximate surface area is 224 Å². The minimum Gasteiger partial charge on any atom is -0.423 e. The van der Waals surface area contributed by atoms with Gasteiger partial charge in [0.25, 0.3) is 0 Å². The summed E-state index contributed by atoms with van der Waals surface area (Å²) < 4.78 is 13.1. The number of nitrogens with zero attached hydrogens (tertiary/aromatic N) is 2. The third-order valence-electron chi connectivity index (χ3n) is 5.24. The van der Waals surface area contributed by atoms with Gasteiger partial charge in [0.15, 0.2) is 0 Å². The quantitative estimate of drug-likeness (QED) is 0.148. The highest BCUT2D eigenvalue weighted by Crippen LogP contribution is 2.21. The van der Waals surface area contributed by atoms with Crippen LogP contribution < -0.4 is 9.47 Å². The van der Waals surface area contributed by atoms with Crippen LogP contribution in [0.3, 0.4) is 0 Å². The summed E-state index contributed by atoms with van der Waals surface area (Å²) in [5, 5.41) is 17.7. The lowest BCUT2D eigenvalue weighted by Crippen LogP contribution is -2.08. The fourth-order valence-corrected chi connectivity index (χ4v) is 5.55. The SMILES string of the molecule is CC(=Ic1ccc(C(=O)Oc2ccc(C#N)cc2)cc1)c1ccc(C(=O)Oc2ccc(C#N)cc2)cc1. The summed E-state index contributed by atoms with van der Waals surface area (Å²) >= 11 is -0.482. The second kappa shape index (κ2) is 11.9. The summed E-state index contributed by atoms with van der Waals surface area (Å²) in [6, 6.07) is 31.4. The fraction of sp³-hybridized carbons (Fsp3) is 0.0333. The van der Waals surface area contributed by atoms with E-state index in [1.54, 1.807) is 72.8 Å². The van der Waals surface area contributed by atoms with Crippen molar-refractivity contribution < 1.29 is 19.1 Å². The van der Waals surface area contributed by atoms with Crippen molar-refractivity contribution in [3.63, 3.8) is 0 Å². The molecule has 0 saturated carbocycles. The predicted octanol–water partition coefficient (Wildman–Crippen LogP) is 6.25. The van der Waals surface area contributed by atoms with Crippen molar-refractivity contribution in [3.8, 4) is 23.6 Å². The second-order valence-electron chi connectivity index (χ2n) is 7.76. The summed E-state index contributed by atoms with van der Waals surface area (Å²) in [6.45, 7) is 2.06. The van der Waals surface area contributed by atoms with Crippen LogP contribution in [0.4, 0.5) is 0 Å². The van der Waals surface area contributed by atoms with Crippen LogP contribution in [0.2, 0.25) is 0 Å². The van der Waals surface area contributed by atoms with Crippen molar-refractivity contribution in [3.05, 3.63) is 128 Å². The average Bonchev–Trinajstić information content (AvgIpc) is 2.94. The van der Waals surface area contributed by atoms with Crippen molar-refractivity contribution >= 4 is 36.2 Å². The van der Waals surface area contributed by atoms with Crippen LogP contribution in [-0.2, 0) is 0 Å². The Kier molecular flexibility index (Phi) is 8.19. The van der Waals surface area contributed by atoms with E-state index in [1.807, 2.05) is 36.4 Å². The number of carbonyl (C=O) groups is 2. The molecule has 0 N–H and O–H groups in total. The molecule has 4 aromatic carbocycles.